The fourth-order valence-electron chi connectivity index (χ4n) is 2.53. The lowest BCUT2D eigenvalue weighted by Gasteiger charge is -2.12. The molecule has 8 heteroatoms. The third-order valence-corrected chi connectivity index (χ3v) is 5.67. The number of methoxy groups -OCH3 is 1. The van der Waals surface area contributed by atoms with Gasteiger partial charge < -0.3 is 15.0 Å². The summed E-state index contributed by atoms with van der Waals surface area (Å²) in [5, 5.41) is 7.90. The Morgan fingerprint density at radius 1 is 1.44 bits per heavy atom. The number of carbonyl (C=O) groups is 1. The summed E-state index contributed by atoms with van der Waals surface area (Å²) < 4.78 is 4.61. The SMILES string of the molecule is COC(=O)CCCN[C@@H](C)c1nc2scc(-c3cccs3)c2c(=O)[nH]1. The van der Waals surface area contributed by atoms with E-state index in [9.17, 15) is 9.59 Å². The lowest BCUT2D eigenvalue weighted by molar-refractivity contribution is -0.140. The fourth-order valence-corrected chi connectivity index (χ4v) is 4.30. The number of nitrogens with zero attached hydrogens (tertiary/aromatic N) is 1. The first-order chi connectivity index (χ1) is 12.1. The summed E-state index contributed by atoms with van der Waals surface area (Å²) in [6.45, 7) is 2.58. The Kier molecular flexibility index (Phi) is 5.62. The van der Waals surface area contributed by atoms with E-state index < -0.39 is 0 Å². The number of hydrogen-bond acceptors (Lipinski definition) is 7. The lowest BCUT2D eigenvalue weighted by atomic mass is 10.2. The predicted molar refractivity (Wildman–Crippen MR) is 101 cm³/mol. The van der Waals surface area contributed by atoms with Crippen LogP contribution in [0.15, 0.2) is 27.7 Å². The molecule has 0 radical (unpaired) electrons. The number of H-pyrrole nitrogens is 1. The van der Waals surface area contributed by atoms with Crippen LogP contribution >= 0.6 is 22.7 Å². The molecule has 0 amide bonds. The van der Waals surface area contributed by atoms with Gasteiger partial charge in [0, 0.05) is 22.2 Å². The number of nitrogens with one attached hydrogen (secondary N) is 2. The van der Waals surface area contributed by atoms with Crippen molar-refractivity contribution in [2.45, 2.75) is 25.8 Å². The van der Waals surface area contributed by atoms with Crippen LogP contribution in [0.2, 0.25) is 0 Å². The van der Waals surface area contributed by atoms with E-state index in [1.54, 1.807) is 11.3 Å². The van der Waals surface area contributed by atoms with Crippen molar-refractivity contribution in [1.29, 1.82) is 0 Å². The maximum absolute atomic E-state index is 12.6. The van der Waals surface area contributed by atoms with Gasteiger partial charge in [0.2, 0.25) is 0 Å². The topological polar surface area (TPSA) is 84.1 Å². The van der Waals surface area contributed by atoms with Crippen molar-refractivity contribution in [3.63, 3.8) is 0 Å². The minimum atomic E-state index is -0.220. The van der Waals surface area contributed by atoms with Crippen molar-refractivity contribution in [2.75, 3.05) is 13.7 Å². The van der Waals surface area contributed by atoms with Crippen molar-refractivity contribution in [1.82, 2.24) is 15.3 Å². The molecule has 1 atom stereocenters. The number of aromatic amines is 1. The smallest absolute Gasteiger partial charge is 0.305 e. The van der Waals surface area contributed by atoms with Crippen molar-refractivity contribution in [3.05, 3.63) is 39.1 Å². The number of carbonyl (C=O) groups excluding carboxylic acids is 1. The second-order valence-electron chi connectivity index (χ2n) is 5.61. The molecule has 3 heterocycles. The summed E-state index contributed by atoms with van der Waals surface area (Å²) in [5.74, 6) is 0.386. The van der Waals surface area contributed by atoms with E-state index in [0.717, 1.165) is 15.3 Å². The normalized spacial score (nSPS) is 12.4. The van der Waals surface area contributed by atoms with E-state index in [1.807, 2.05) is 29.8 Å². The number of hydrogen-bond donors (Lipinski definition) is 2. The first-order valence-corrected chi connectivity index (χ1v) is 9.71. The highest BCUT2D eigenvalue weighted by Gasteiger charge is 2.16. The highest BCUT2D eigenvalue weighted by atomic mass is 32.1. The number of thiophene rings is 2. The van der Waals surface area contributed by atoms with E-state index in [-0.39, 0.29) is 17.6 Å². The van der Waals surface area contributed by atoms with Crippen molar-refractivity contribution >= 4 is 38.9 Å². The Morgan fingerprint density at radius 3 is 3.00 bits per heavy atom. The van der Waals surface area contributed by atoms with Gasteiger partial charge >= 0.3 is 5.97 Å². The van der Waals surface area contributed by atoms with Gasteiger partial charge in [-0.1, -0.05) is 6.07 Å². The Hall–Kier alpha value is -2.03. The summed E-state index contributed by atoms with van der Waals surface area (Å²) in [6, 6.07) is 3.87. The number of aromatic nitrogens is 2. The average Bonchev–Trinajstić information content (AvgIpc) is 3.27. The van der Waals surface area contributed by atoms with E-state index >= 15 is 0 Å². The number of rotatable bonds is 7. The van der Waals surface area contributed by atoms with E-state index in [2.05, 4.69) is 20.0 Å². The van der Waals surface area contributed by atoms with Gasteiger partial charge in [0.1, 0.15) is 10.7 Å². The summed E-state index contributed by atoms with van der Waals surface area (Å²) in [7, 11) is 1.38. The van der Waals surface area contributed by atoms with Crippen LogP contribution in [0.25, 0.3) is 20.7 Å². The summed E-state index contributed by atoms with van der Waals surface area (Å²) >= 11 is 3.09. The quantitative estimate of drug-likeness (QED) is 0.487. The molecule has 6 nitrogen and oxygen atoms in total. The first-order valence-electron chi connectivity index (χ1n) is 7.95. The van der Waals surface area contributed by atoms with Gasteiger partial charge in [-0.25, -0.2) is 4.98 Å². The zero-order valence-corrected chi connectivity index (χ0v) is 15.6. The Morgan fingerprint density at radius 2 is 2.28 bits per heavy atom. The van der Waals surface area contributed by atoms with Gasteiger partial charge in [0.15, 0.2) is 0 Å². The Bertz CT molecular complexity index is 915. The molecule has 132 valence electrons. The molecule has 3 rings (SSSR count). The van der Waals surface area contributed by atoms with Crippen LogP contribution in [0.3, 0.4) is 0 Å². The highest BCUT2D eigenvalue weighted by Crippen LogP contribution is 2.33. The zero-order valence-electron chi connectivity index (χ0n) is 14.0. The van der Waals surface area contributed by atoms with Crippen molar-refractivity contribution in [2.24, 2.45) is 0 Å². The van der Waals surface area contributed by atoms with Gasteiger partial charge in [0.05, 0.1) is 18.5 Å². The van der Waals surface area contributed by atoms with Crippen molar-refractivity contribution in [3.8, 4) is 10.4 Å². The molecule has 0 aliphatic carbocycles. The molecular formula is C17H19N3O3S2. The molecular weight excluding hydrogens is 358 g/mol. The molecule has 25 heavy (non-hydrogen) atoms. The van der Waals surface area contributed by atoms with Crippen LogP contribution in [-0.2, 0) is 9.53 Å². The van der Waals surface area contributed by atoms with Crippen LogP contribution < -0.4 is 10.9 Å². The van der Waals surface area contributed by atoms with Crippen molar-refractivity contribution < 1.29 is 9.53 Å². The monoisotopic (exact) mass is 377 g/mol. The zero-order chi connectivity index (χ0) is 17.8. The molecule has 0 aliphatic rings. The van der Waals surface area contributed by atoms with Gasteiger partial charge in [-0.15, -0.1) is 22.7 Å². The maximum atomic E-state index is 12.6. The molecule has 0 fully saturated rings. The van der Waals surface area contributed by atoms with Gasteiger partial charge in [-0.3, -0.25) is 9.59 Å². The summed E-state index contributed by atoms with van der Waals surface area (Å²) in [6.07, 6.45) is 1.04. The maximum Gasteiger partial charge on any atom is 0.305 e. The Labute approximate surface area is 152 Å². The highest BCUT2D eigenvalue weighted by molar-refractivity contribution is 7.18. The summed E-state index contributed by atoms with van der Waals surface area (Å²) in [4.78, 5) is 33.0. The van der Waals surface area contributed by atoms with Crippen LogP contribution in [0.4, 0.5) is 0 Å². The molecule has 3 aromatic heterocycles. The molecule has 0 saturated heterocycles. The first kappa shape index (κ1) is 17.8. The van der Waals surface area contributed by atoms with E-state index in [1.165, 1.54) is 18.4 Å². The van der Waals surface area contributed by atoms with E-state index in [4.69, 9.17) is 0 Å². The third kappa shape index (κ3) is 3.97. The van der Waals surface area contributed by atoms with Crippen LogP contribution in [0.1, 0.15) is 31.6 Å². The van der Waals surface area contributed by atoms with Gasteiger partial charge in [-0.2, -0.15) is 0 Å². The minimum absolute atomic E-state index is 0.109. The molecule has 0 bridgehead atoms. The van der Waals surface area contributed by atoms with Crippen LogP contribution in [0.5, 0.6) is 0 Å². The second kappa shape index (κ2) is 7.90. The lowest BCUT2D eigenvalue weighted by Crippen LogP contribution is -2.24. The molecule has 3 aromatic rings. The average molecular weight is 377 g/mol. The molecule has 2 N–H and O–H groups in total. The number of fused-ring (bicyclic) bond motifs is 1. The van der Waals surface area contributed by atoms with Gasteiger partial charge in [0.25, 0.3) is 5.56 Å². The van der Waals surface area contributed by atoms with Crippen LogP contribution in [0, 0.1) is 0 Å². The third-order valence-electron chi connectivity index (χ3n) is 3.89. The number of ether oxygens (including phenoxy) is 1. The molecule has 0 spiro atoms. The second-order valence-corrected chi connectivity index (χ2v) is 7.42. The van der Waals surface area contributed by atoms with Crippen LogP contribution in [-0.4, -0.2) is 29.6 Å². The molecule has 0 aliphatic heterocycles. The standard InChI is InChI=1S/C17H19N3O3S2/c1-10(18-7-3-6-13(21)23-2)15-19-16(22)14-11(9-25-17(14)20-15)12-5-4-8-24-12/h4-5,8-10,18H,3,6-7H2,1-2H3,(H,19,20,22)/t10-/m0/s1. The fraction of sp³-hybridized carbons (Fsp3) is 0.353. The molecule has 0 unspecified atom stereocenters. The predicted octanol–water partition coefficient (Wildman–Crippen LogP) is 3.32. The minimum Gasteiger partial charge on any atom is -0.469 e. The van der Waals surface area contributed by atoms with E-state index in [0.29, 0.717) is 30.6 Å². The summed E-state index contributed by atoms with van der Waals surface area (Å²) in [5.41, 5.74) is 0.821. The largest absolute Gasteiger partial charge is 0.469 e. The molecule has 0 aromatic carbocycles. The Balaban J connectivity index is 1.75. The molecule has 0 saturated carbocycles. The van der Waals surface area contributed by atoms with Gasteiger partial charge in [-0.05, 0) is 31.3 Å². The number of esters is 1.